The highest BCUT2D eigenvalue weighted by atomic mass is 16.5. The van der Waals surface area contributed by atoms with Crippen molar-refractivity contribution in [2.75, 3.05) is 19.6 Å². The van der Waals surface area contributed by atoms with E-state index in [1.807, 2.05) is 6.92 Å². The van der Waals surface area contributed by atoms with Crippen molar-refractivity contribution in [1.82, 2.24) is 4.90 Å². The van der Waals surface area contributed by atoms with Gasteiger partial charge in [0.15, 0.2) is 0 Å². The highest BCUT2D eigenvalue weighted by Gasteiger charge is 2.33. The fourth-order valence-corrected chi connectivity index (χ4v) is 2.28. The minimum absolute atomic E-state index is 0.155. The van der Waals surface area contributed by atoms with Crippen molar-refractivity contribution in [3.05, 3.63) is 0 Å². The van der Waals surface area contributed by atoms with Crippen molar-refractivity contribution in [3.63, 3.8) is 0 Å². The van der Waals surface area contributed by atoms with E-state index in [4.69, 9.17) is 4.74 Å². The van der Waals surface area contributed by atoms with Gasteiger partial charge in [0.2, 0.25) is 0 Å². The third kappa shape index (κ3) is 2.22. The Balaban J connectivity index is 1.81. The standard InChI is InChI=1S/C10H19NO2/c1-2-8(12)5-11-6-9-3-4-10(7-11)13-9/h8-10,12H,2-7H2,1H3. The second-order valence-electron chi connectivity index (χ2n) is 4.24. The Bertz CT molecular complexity index is 162. The van der Waals surface area contributed by atoms with Gasteiger partial charge < -0.3 is 9.84 Å². The van der Waals surface area contributed by atoms with Crippen LogP contribution in [-0.4, -0.2) is 48.0 Å². The predicted octanol–water partition coefficient (Wildman–Crippen LogP) is 0.620. The molecule has 2 heterocycles. The summed E-state index contributed by atoms with van der Waals surface area (Å²) in [4.78, 5) is 2.35. The van der Waals surface area contributed by atoms with Crippen LogP contribution in [0.5, 0.6) is 0 Å². The highest BCUT2D eigenvalue weighted by molar-refractivity contribution is 4.85. The van der Waals surface area contributed by atoms with Gasteiger partial charge in [-0.25, -0.2) is 0 Å². The van der Waals surface area contributed by atoms with Crippen LogP contribution in [-0.2, 0) is 4.74 Å². The first-order valence-corrected chi connectivity index (χ1v) is 5.33. The van der Waals surface area contributed by atoms with Gasteiger partial charge in [0.1, 0.15) is 0 Å². The van der Waals surface area contributed by atoms with Gasteiger partial charge in [0.25, 0.3) is 0 Å². The predicted molar refractivity (Wildman–Crippen MR) is 50.6 cm³/mol. The molecule has 0 aromatic rings. The molecule has 2 aliphatic rings. The topological polar surface area (TPSA) is 32.7 Å². The van der Waals surface area contributed by atoms with Crippen LogP contribution < -0.4 is 0 Å². The molecule has 2 rings (SSSR count). The first-order valence-electron chi connectivity index (χ1n) is 5.33. The Morgan fingerprint density at radius 2 is 2.00 bits per heavy atom. The third-order valence-electron chi connectivity index (χ3n) is 3.06. The molecule has 1 N–H and O–H groups in total. The molecule has 2 fully saturated rings. The molecule has 76 valence electrons. The maximum atomic E-state index is 9.52. The van der Waals surface area contributed by atoms with Crippen LogP contribution >= 0.6 is 0 Å². The Hall–Kier alpha value is -0.120. The largest absolute Gasteiger partial charge is 0.392 e. The summed E-state index contributed by atoms with van der Waals surface area (Å²) in [6.07, 6.45) is 4.02. The Labute approximate surface area is 79.7 Å². The van der Waals surface area contributed by atoms with Gasteiger partial charge in [0.05, 0.1) is 18.3 Å². The molecule has 0 radical (unpaired) electrons. The number of aliphatic hydroxyl groups is 1. The summed E-state index contributed by atoms with van der Waals surface area (Å²) < 4.78 is 5.72. The molecule has 0 aromatic heterocycles. The summed E-state index contributed by atoms with van der Waals surface area (Å²) in [5.41, 5.74) is 0. The molecule has 13 heavy (non-hydrogen) atoms. The molecule has 0 aliphatic carbocycles. The zero-order chi connectivity index (χ0) is 9.26. The number of fused-ring (bicyclic) bond motifs is 2. The van der Waals surface area contributed by atoms with E-state index in [1.165, 1.54) is 12.8 Å². The van der Waals surface area contributed by atoms with Crippen LogP contribution in [0.15, 0.2) is 0 Å². The highest BCUT2D eigenvalue weighted by Crippen LogP contribution is 2.26. The minimum Gasteiger partial charge on any atom is -0.392 e. The number of hydrogen-bond acceptors (Lipinski definition) is 3. The van der Waals surface area contributed by atoms with Crippen molar-refractivity contribution in [2.45, 2.75) is 44.5 Å². The summed E-state index contributed by atoms with van der Waals surface area (Å²) in [5.74, 6) is 0. The van der Waals surface area contributed by atoms with Gasteiger partial charge in [-0.3, -0.25) is 4.90 Å². The van der Waals surface area contributed by atoms with Crippen molar-refractivity contribution in [1.29, 1.82) is 0 Å². The molecule has 2 bridgehead atoms. The lowest BCUT2D eigenvalue weighted by Gasteiger charge is -2.33. The molecule has 3 unspecified atom stereocenters. The summed E-state index contributed by atoms with van der Waals surface area (Å²) in [7, 11) is 0. The van der Waals surface area contributed by atoms with Crippen LogP contribution in [0.4, 0.5) is 0 Å². The number of morpholine rings is 1. The van der Waals surface area contributed by atoms with Gasteiger partial charge >= 0.3 is 0 Å². The van der Waals surface area contributed by atoms with Gasteiger partial charge in [0, 0.05) is 19.6 Å². The molecule has 3 atom stereocenters. The maximum Gasteiger partial charge on any atom is 0.0707 e. The van der Waals surface area contributed by atoms with Crippen LogP contribution in [0.1, 0.15) is 26.2 Å². The summed E-state index contributed by atoms with van der Waals surface area (Å²) >= 11 is 0. The maximum absolute atomic E-state index is 9.52. The molecule has 3 heteroatoms. The number of rotatable bonds is 3. The molecule has 0 amide bonds. The molecule has 0 spiro atoms. The van der Waals surface area contributed by atoms with E-state index in [9.17, 15) is 5.11 Å². The van der Waals surface area contributed by atoms with Gasteiger partial charge in [-0.1, -0.05) is 6.92 Å². The van der Waals surface area contributed by atoms with Crippen LogP contribution in [0.25, 0.3) is 0 Å². The Kier molecular flexibility index (Phi) is 2.86. The smallest absolute Gasteiger partial charge is 0.0707 e. The van der Waals surface area contributed by atoms with E-state index in [0.29, 0.717) is 12.2 Å². The molecule has 2 aliphatic heterocycles. The van der Waals surface area contributed by atoms with E-state index in [0.717, 1.165) is 26.1 Å². The van der Waals surface area contributed by atoms with Crippen LogP contribution in [0.2, 0.25) is 0 Å². The molecule has 2 saturated heterocycles. The van der Waals surface area contributed by atoms with Crippen molar-refractivity contribution < 1.29 is 9.84 Å². The first-order chi connectivity index (χ1) is 6.28. The van der Waals surface area contributed by atoms with E-state index < -0.39 is 0 Å². The monoisotopic (exact) mass is 185 g/mol. The molecule has 3 nitrogen and oxygen atoms in total. The first kappa shape index (κ1) is 9.44. The lowest BCUT2D eigenvalue weighted by molar-refractivity contribution is -0.0495. The van der Waals surface area contributed by atoms with Gasteiger partial charge in [-0.15, -0.1) is 0 Å². The van der Waals surface area contributed by atoms with E-state index in [2.05, 4.69) is 4.90 Å². The number of hydrogen-bond donors (Lipinski definition) is 1. The van der Waals surface area contributed by atoms with Crippen LogP contribution in [0, 0.1) is 0 Å². The van der Waals surface area contributed by atoms with Gasteiger partial charge in [-0.2, -0.15) is 0 Å². The normalized spacial score (nSPS) is 36.5. The average molecular weight is 185 g/mol. The van der Waals surface area contributed by atoms with Crippen molar-refractivity contribution in [2.24, 2.45) is 0 Å². The van der Waals surface area contributed by atoms with E-state index in [-0.39, 0.29) is 6.10 Å². The lowest BCUT2D eigenvalue weighted by atomic mass is 10.2. The molecular formula is C10H19NO2. The fourth-order valence-electron chi connectivity index (χ4n) is 2.28. The zero-order valence-electron chi connectivity index (χ0n) is 8.28. The lowest BCUT2D eigenvalue weighted by Crippen LogP contribution is -2.45. The Morgan fingerprint density at radius 3 is 2.54 bits per heavy atom. The number of likely N-dealkylation sites (tertiary alicyclic amines) is 1. The van der Waals surface area contributed by atoms with Crippen LogP contribution in [0.3, 0.4) is 0 Å². The minimum atomic E-state index is -0.155. The third-order valence-corrected chi connectivity index (χ3v) is 3.06. The summed E-state index contributed by atoms with van der Waals surface area (Å²) in [5, 5.41) is 9.52. The van der Waals surface area contributed by atoms with Gasteiger partial charge in [-0.05, 0) is 19.3 Å². The van der Waals surface area contributed by atoms with E-state index >= 15 is 0 Å². The molecule has 0 saturated carbocycles. The second kappa shape index (κ2) is 3.95. The molecular weight excluding hydrogens is 166 g/mol. The number of aliphatic hydroxyl groups excluding tert-OH is 1. The molecule has 0 aromatic carbocycles. The van der Waals surface area contributed by atoms with E-state index in [1.54, 1.807) is 0 Å². The zero-order valence-corrected chi connectivity index (χ0v) is 8.28. The van der Waals surface area contributed by atoms with Crippen molar-refractivity contribution in [3.8, 4) is 0 Å². The Morgan fingerprint density at radius 1 is 1.38 bits per heavy atom. The van der Waals surface area contributed by atoms with Crippen molar-refractivity contribution >= 4 is 0 Å². The SMILES string of the molecule is CCC(O)CN1CC2CCC(C1)O2. The number of β-amino-alcohol motifs (C(OH)–C–C–N with tert-alkyl or cyclic N) is 1. The fraction of sp³-hybridized carbons (Fsp3) is 1.00. The number of nitrogens with zero attached hydrogens (tertiary/aromatic N) is 1. The second-order valence-corrected chi connectivity index (χ2v) is 4.24. The number of ether oxygens (including phenoxy) is 1. The quantitative estimate of drug-likeness (QED) is 0.699. The summed E-state index contributed by atoms with van der Waals surface area (Å²) in [6, 6.07) is 0. The average Bonchev–Trinajstić information content (AvgIpc) is 2.46. The summed E-state index contributed by atoms with van der Waals surface area (Å²) in [6.45, 7) is 4.90.